The first-order valence-electron chi connectivity index (χ1n) is 8.33. The highest BCUT2D eigenvalue weighted by Crippen LogP contribution is 2.33. The average molecular weight is 396 g/mol. The molecule has 27 heavy (non-hydrogen) atoms. The fourth-order valence-corrected chi connectivity index (χ4v) is 4.72. The van der Waals surface area contributed by atoms with Gasteiger partial charge in [-0.25, -0.2) is 4.98 Å². The summed E-state index contributed by atoms with van der Waals surface area (Å²) in [7, 11) is 1.68. The van der Waals surface area contributed by atoms with Crippen molar-refractivity contribution >= 4 is 61.1 Å². The third-order valence-corrected chi connectivity index (χ3v) is 6.20. The van der Waals surface area contributed by atoms with Crippen molar-refractivity contribution in [2.45, 2.75) is 11.7 Å². The fourth-order valence-electron chi connectivity index (χ4n) is 2.69. The number of amidine groups is 1. The second-order valence-electron chi connectivity index (χ2n) is 5.98. The van der Waals surface area contributed by atoms with Gasteiger partial charge in [-0.05, 0) is 24.3 Å². The van der Waals surface area contributed by atoms with Crippen molar-refractivity contribution in [3.05, 3.63) is 54.6 Å². The minimum absolute atomic E-state index is 0.0988. The van der Waals surface area contributed by atoms with Crippen LogP contribution >= 0.6 is 23.1 Å². The highest BCUT2D eigenvalue weighted by molar-refractivity contribution is 8.15. The van der Waals surface area contributed by atoms with E-state index in [2.05, 4.69) is 15.3 Å². The maximum atomic E-state index is 12.5. The molecule has 6 nitrogen and oxygen atoms in total. The molecule has 1 atom stereocenters. The summed E-state index contributed by atoms with van der Waals surface area (Å²) in [6.07, 6.45) is 0.0988. The summed E-state index contributed by atoms with van der Waals surface area (Å²) in [5, 5.41) is 3.50. The summed E-state index contributed by atoms with van der Waals surface area (Å²) in [5.41, 5.74) is 1.60. The number of fused-ring (bicyclic) bond motifs is 1. The van der Waals surface area contributed by atoms with Crippen molar-refractivity contribution in [2.75, 3.05) is 12.4 Å². The van der Waals surface area contributed by atoms with E-state index in [-0.39, 0.29) is 18.2 Å². The predicted molar refractivity (Wildman–Crippen MR) is 111 cm³/mol. The van der Waals surface area contributed by atoms with Gasteiger partial charge < -0.3 is 5.32 Å². The maximum absolute atomic E-state index is 12.5. The van der Waals surface area contributed by atoms with Gasteiger partial charge >= 0.3 is 0 Å². The van der Waals surface area contributed by atoms with Crippen LogP contribution in [0.1, 0.15) is 6.42 Å². The molecule has 0 radical (unpaired) electrons. The summed E-state index contributed by atoms with van der Waals surface area (Å²) in [5.74, 6) is -0.315. The van der Waals surface area contributed by atoms with Crippen LogP contribution in [0.15, 0.2) is 59.6 Å². The topological polar surface area (TPSA) is 74.7 Å². The summed E-state index contributed by atoms with van der Waals surface area (Å²) < 4.78 is 1.05. The standard InChI is InChI=1S/C19H16N4O2S2/c1-23-17(25)15(11-16(24)20-12-7-3-2-4-8-12)27-19(23)22-18-21-13-9-5-6-10-14(13)26-18/h2-10,15H,11H2,1H3,(H,20,24)/t15-/m1/s1. The summed E-state index contributed by atoms with van der Waals surface area (Å²) in [4.78, 5) is 35.3. The number of para-hydroxylation sites is 2. The van der Waals surface area contributed by atoms with E-state index in [1.807, 2.05) is 54.6 Å². The number of amides is 2. The van der Waals surface area contributed by atoms with Crippen LogP contribution in [0.3, 0.4) is 0 Å². The Morgan fingerprint density at radius 3 is 2.70 bits per heavy atom. The number of benzene rings is 2. The highest BCUT2D eigenvalue weighted by Gasteiger charge is 2.37. The van der Waals surface area contributed by atoms with Crippen molar-refractivity contribution in [1.82, 2.24) is 9.88 Å². The Morgan fingerprint density at radius 2 is 1.93 bits per heavy atom. The van der Waals surface area contributed by atoms with Gasteiger partial charge in [-0.3, -0.25) is 14.5 Å². The van der Waals surface area contributed by atoms with E-state index in [1.54, 1.807) is 7.05 Å². The lowest BCUT2D eigenvalue weighted by Crippen LogP contribution is -2.30. The number of nitrogens with one attached hydrogen (secondary N) is 1. The van der Waals surface area contributed by atoms with Gasteiger partial charge in [0.15, 0.2) is 5.17 Å². The molecule has 2 heterocycles. The van der Waals surface area contributed by atoms with E-state index in [0.29, 0.717) is 10.3 Å². The van der Waals surface area contributed by atoms with Crippen molar-refractivity contribution in [3.8, 4) is 0 Å². The molecular weight excluding hydrogens is 380 g/mol. The Morgan fingerprint density at radius 1 is 1.19 bits per heavy atom. The zero-order valence-corrected chi connectivity index (χ0v) is 16.1. The van der Waals surface area contributed by atoms with Crippen LogP contribution in [-0.4, -0.2) is 39.2 Å². The van der Waals surface area contributed by atoms with Gasteiger partial charge in [-0.15, -0.1) is 0 Å². The van der Waals surface area contributed by atoms with Crippen molar-refractivity contribution in [3.63, 3.8) is 0 Å². The van der Waals surface area contributed by atoms with Crippen LogP contribution in [0.4, 0.5) is 10.8 Å². The summed E-state index contributed by atoms with van der Waals surface area (Å²) >= 11 is 2.78. The smallest absolute Gasteiger partial charge is 0.242 e. The Hall–Kier alpha value is -2.71. The van der Waals surface area contributed by atoms with Crippen molar-refractivity contribution in [1.29, 1.82) is 0 Å². The van der Waals surface area contributed by atoms with Gasteiger partial charge in [0.05, 0.1) is 10.2 Å². The summed E-state index contributed by atoms with van der Waals surface area (Å²) in [6.45, 7) is 0. The van der Waals surface area contributed by atoms with Gasteiger partial charge in [0.25, 0.3) is 0 Å². The number of anilines is 1. The third kappa shape index (κ3) is 3.86. The van der Waals surface area contributed by atoms with Gasteiger partial charge in [0.1, 0.15) is 5.25 Å². The van der Waals surface area contributed by atoms with Crippen molar-refractivity contribution < 1.29 is 9.59 Å². The number of thiazole rings is 1. The van der Waals surface area contributed by atoms with E-state index in [9.17, 15) is 9.59 Å². The van der Waals surface area contributed by atoms with Gasteiger partial charge in [0.2, 0.25) is 16.9 Å². The molecule has 0 saturated carbocycles. The molecule has 1 saturated heterocycles. The molecule has 3 aromatic rings. The van der Waals surface area contributed by atoms with Crippen LogP contribution < -0.4 is 5.32 Å². The number of aromatic nitrogens is 1. The minimum atomic E-state index is -0.480. The number of hydrogen-bond donors (Lipinski definition) is 1. The SMILES string of the molecule is CN1C(=O)[C@@H](CC(=O)Nc2ccccc2)SC1=Nc1nc2ccccc2s1. The van der Waals surface area contributed by atoms with Crippen LogP contribution in [-0.2, 0) is 9.59 Å². The molecule has 0 bridgehead atoms. The molecule has 1 aromatic heterocycles. The zero-order chi connectivity index (χ0) is 18.8. The molecule has 1 N–H and O–H groups in total. The first-order chi connectivity index (χ1) is 13.1. The lowest BCUT2D eigenvalue weighted by atomic mass is 10.2. The Balaban J connectivity index is 1.47. The molecule has 0 unspecified atom stereocenters. The molecule has 4 rings (SSSR count). The van der Waals surface area contributed by atoms with Crippen LogP contribution in [0.5, 0.6) is 0 Å². The number of hydrogen-bond acceptors (Lipinski definition) is 6. The third-order valence-electron chi connectivity index (χ3n) is 4.04. The number of rotatable bonds is 4. The van der Waals surface area contributed by atoms with Crippen molar-refractivity contribution in [2.24, 2.45) is 4.99 Å². The first kappa shape index (κ1) is 17.7. The van der Waals surface area contributed by atoms with Gasteiger partial charge in [-0.2, -0.15) is 4.99 Å². The number of carbonyl (C=O) groups excluding carboxylic acids is 2. The molecule has 1 aliphatic heterocycles. The molecule has 2 amide bonds. The summed E-state index contributed by atoms with van der Waals surface area (Å²) in [6, 6.07) is 17.0. The molecule has 1 fully saturated rings. The second-order valence-corrected chi connectivity index (χ2v) is 8.16. The van der Waals surface area contributed by atoms with Crippen LogP contribution in [0.2, 0.25) is 0 Å². The molecule has 0 spiro atoms. The zero-order valence-electron chi connectivity index (χ0n) is 14.5. The lowest BCUT2D eigenvalue weighted by Gasteiger charge is -2.09. The predicted octanol–water partition coefficient (Wildman–Crippen LogP) is 3.89. The van der Waals surface area contributed by atoms with E-state index in [0.717, 1.165) is 15.9 Å². The minimum Gasteiger partial charge on any atom is -0.326 e. The largest absolute Gasteiger partial charge is 0.326 e. The number of thioether (sulfide) groups is 1. The monoisotopic (exact) mass is 396 g/mol. The normalized spacial score (nSPS) is 18.4. The highest BCUT2D eigenvalue weighted by atomic mass is 32.2. The number of aliphatic imine (C=N–C) groups is 1. The maximum Gasteiger partial charge on any atom is 0.242 e. The molecule has 8 heteroatoms. The molecular formula is C19H16N4O2S2. The van der Waals surface area contributed by atoms with Crippen LogP contribution in [0.25, 0.3) is 10.2 Å². The van der Waals surface area contributed by atoms with E-state index >= 15 is 0 Å². The lowest BCUT2D eigenvalue weighted by molar-refractivity contribution is -0.127. The average Bonchev–Trinajstić information content (AvgIpc) is 3.19. The second kappa shape index (κ2) is 7.50. The number of nitrogens with zero attached hydrogens (tertiary/aromatic N) is 3. The van der Waals surface area contributed by atoms with E-state index < -0.39 is 5.25 Å². The Bertz CT molecular complexity index is 999. The van der Waals surface area contributed by atoms with Gasteiger partial charge in [-0.1, -0.05) is 53.4 Å². The van der Waals surface area contributed by atoms with E-state index in [1.165, 1.54) is 28.0 Å². The molecule has 136 valence electrons. The fraction of sp³-hybridized carbons (Fsp3) is 0.158. The van der Waals surface area contributed by atoms with Gasteiger partial charge in [0, 0.05) is 19.2 Å². The molecule has 1 aliphatic rings. The first-order valence-corrected chi connectivity index (χ1v) is 10.0. The Kier molecular flexibility index (Phi) is 4.91. The number of carbonyl (C=O) groups is 2. The molecule has 0 aliphatic carbocycles. The Labute approximate surface area is 164 Å². The molecule has 2 aromatic carbocycles. The van der Waals surface area contributed by atoms with E-state index in [4.69, 9.17) is 0 Å². The van der Waals surface area contributed by atoms with Crippen LogP contribution in [0, 0.1) is 0 Å². The quantitative estimate of drug-likeness (QED) is 0.726.